The van der Waals surface area contributed by atoms with Crippen molar-refractivity contribution in [2.24, 2.45) is 0 Å². The van der Waals surface area contributed by atoms with Crippen LogP contribution >= 0.6 is 0 Å². The standard InChI is InChI=1S/C10H12O.C8H11NO.C2H6/c1-8-4-5-10-9(7-8)3-2-6-11-10;1-5-3-4-7(10)8(9)6(5)2;1-2/h4-5,7H,2-3,6H2,1H3;3-4,10H,9H2,1-2H3;1-2H3. The highest BCUT2D eigenvalue weighted by Crippen LogP contribution is 2.25. The van der Waals surface area contributed by atoms with E-state index in [1.165, 1.54) is 17.5 Å². The highest BCUT2D eigenvalue weighted by molar-refractivity contribution is 5.59. The first-order chi connectivity index (χ1) is 11.0. The molecule has 3 rings (SSSR count). The van der Waals surface area contributed by atoms with E-state index in [0.29, 0.717) is 5.69 Å². The Hall–Kier alpha value is -2.16. The summed E-state index contributed by atoms with van der Waals surface area (Å²) in [4.78, 5) is 0. The zero-order valence-electron chi connectivity index (χ0n) is 14.9. The molecule has 0 unspecified atom stereocenters. The molecule has 3 nitrogen and oxygen atoms in total. The van der Waals surface area contributed by atoms with Gasteiger partial charge in [0, 0.05) is 0 Å². The average Bonchev–Trinajstić information content (AvgIpc) is 2.59. The molecule has 3 N–H and O–H groups in total. The van der Waals surface area contributed by atoms with Gasteiger partial charge in [-0.1, -0.05) is 37.6 Å². The van der Waals surface area contributed by atoms with Crippen molar-refractivity contribution in [2.45, 2.75) is 47.5 Å². The topological polar surface area (TPSA) is 55.5 Å². The van der Waals surface area contributed by atoms with E-state index < -0.39 is 0 Å². The molecule has 1 aliphatic heterocycles. The lowest BCUT2D eigenvalue weighted by Crippen LogP contribution is -2.07. The van der Waals surface area contributed by atoms with Gasteiger partial charge in [-0.05, 0) is 62.4 Å². The zero-order chi connectivity index (χ0) is 17.4. The van der Waals surface area contributed by atoms with Crippen molar-refractivity contribution in [3.05, 3.63) is 52.6 Å². The number of anilines is 1. The molecule has 0 aliphatic carbocycles. The Morgan fingerprint density at radius 2 is 1.74 bits per heavy atom. The minimum Gasteiger partial charge on any atom is -0.506 e. The lowest BCUT2D eigenvalue weighted by molar-refractivity contribution is 0.288. The predicted octanol–water partition coefficient (Wildman–Crippen LogP) is 4.94. The average molecular weight is 315 g/mol. The fraction of sp³-hybridized carbons (Fsp3) is 0.400. The third-order valence-corrected chi connectivity index (χ3v) is 3.83. The maximum Gasteiger partial charge on any atom is 0.138 e. The summed E-state index contributed by atoms with van der Waals surface area (Å²) in [6.07, 6.45) is 2.34. The van der Waals surface area contributed by atoms with Crippen LogP contribution in [0.15, 0.2) is 30.3 Å². The van der Waals surface area contributed by atoms with Crippen molar-refractivity contribution in [1.82, 2.24) is 0 Å². The van der Waals surface area contributed by atoms with Gasteiger partial charge in [-0.25, -0.2) is 0 Å². The van der Waals surface area contributed by atoms with E-state index >= 15 is 0 Å². The zero-order valence-corrected chi connectivity index (χ0v) is 14.9. The number of hydrogen-bond acceptors (Lipinski definition) is 3. The second kappa shape index (κ2) is 9.09. The number of phenols is 1. The maximum atomic E-state index is 9.10. The number of hydrogen-bond donors (Lipinski definition) is 2. The molecule has 0 bridgehead atoms. The molecule has 126 valence electrons. The Kier molecular flexibility index (Phi) is 7.46. The first-order valence-electron chi connectivity index (χ1n) is 8.26. The Morgan fingerprint density at radius 1 is 1.04 bits per heavy atom. The van der Waals surface area contributed by atoms with Crippen LogP contribution in [0.3, 0.4) is 0 Å². The maximum absolute atomic E-state index is 9.10. The van der Waals surface area contributed by atoms with Crippen LogP contribution in [-0.2, 0) is 6.42 Å². The van der Waals surface area contributed by atoms with Crippen LogP contribution in [0.5, 0.6) is 11.5 Å². The first-order valence-corrected chi connectivity index (χ1v) is 8.26. The van der Waals surface area contributed by atoms with Crippen LogP contribution in [0.2, 0.25) is 0 Å². The van der Waals surface area contributed by atoms with Crippen LogP contribution < -0.4 is 10.5 Å². The summed E-state index contributed by atoms with van der Waals surface area (Å²) < 4.78 is 5.48. The summed E-state index contributed by atoms with van der Waals surface area (Å²) >= 11 is 0. The number of benzene rings is 2. The van der Waals surface area contributed by atoms with Gasteiger partial charge in [0.15, 0.2) is 0 Å². The molecule has 0 saturated heterocycles. The molecule has 3 heteroatoms. The van der Waals surface area contributed by atoms with Crippen LogP contribution in [0.25, 0.3) is 0 Å². The third-order valence-electron chi connectivity index (χ3n) is 3.83. The number of nitrogens with two attached hydrogens (primary N) is 1. The third kappa shape index (κ3) is 5.20. The summed E-state index contributed by atoms with van der Waals surface area (Å²) in [6, 6.07) is 9.85. The van der Waals surface area contributed by atoms with Crippen LogP contribution in [0.1, 0.15) is 42.5 Å². The van der Waals surface area contributed by atoms with Gasteiger partial charge in [0.25, 0.3) is 0 Å². The predicted molar refractivity (Wildman–Crippen MR) is 98.3 cm³/mol. The Balaban J connectivity index is 0.000000209. The molecule has 0 spiro atoms. The number of ether oxygens (including phenoxy) is 1. The monoisotopic (exact) mass is 315 g/mol. The molecule has 0 radical (unpaired) electrons. The molecule has 0 atom stereocenters. The summed E-state index contributed by atoms with van der Waals surface area (Å²) in [7, 11) is 0. The van der Waals surface area contributed by atoms with Gasteiger partial charge in [0.2, 0.25) is 0 Å². The van der Waals surface area contributed by atoms with Crippen molar-refractivity contribution in [2.75, 3.05) is 12.3 Å². The lowest BCUT2D eigenvalue weighted by atomic mass is 10.0. The molecule has 1 aliphatic rings. The van der Waals surface area contributed by atoms with Gasteiger partial charge in [-0.15, -0.1) is 0 Å². The Labute approximate surface area is 140 Å². The molecule has 0 saturated carbocycles. The van der Waals surface area contributed by atoms with E-state index in [1.54, 1.807) is 6.07 Å². The molecule has 1 heterocycles. The van der Waals surface area contributed by atoms with Crippen molar-refractivity contribution >= 4 is 5.69 Å². The van der Waals surface area contributed by atoms with E-state index in [4.69, 9.17) is 15.6 Å². The van der Waals surface area contributed by atoms with Gasteiger partial charge in [-0.3, -0.25) is 0 Å². The molecule has 0 amide bonds. The quantitative estimate of drug-likeness (QED) is 0.535. The fourth-order valence-corrected chi connectivity index (χ4v) is 2.31. The molecule has 0 aromatic heterocycles. The van der Waals surface area contributed by atoms with Crippen LogP contribution in [0, 0.1) is 20.8 Å². The SMILES string of the molecule is CC.Cc1ccc(O)c(N)c1C.Cc1ccc2c(c1)CCCO2. The number of rotatable bonds is 0. The van der Waals surface area contributed by atoms with E-state index in [1.807, 2.05) is 33.8 Å². The number of nitrogen functional groups attached to an aromatic ring is 1. The van der Waals surface area contributed by atoms with Crippen LogP contribution in [0.4, 0.5) is 5.69 Å². The van der Waals surface area contributed by atoms with Crippen molar-refractivity contribution in [3.63, 3.8) is 0 Å². The molecular formula is C20H29NO2. The summed E-state index contributed by atoms with van der Waals surface area (Å²) in [5.41, 5.74) is 10.8. The number of fused-ring (bicyclic) bond motifs is 1. The van der Waals surface area contributed by atoms with E-state index in [2.05, 4.69) is 25.1 Å². The molecular weight excluding hydrogens is 286 g/mol. The number of phenolic OH excluding ortho intramolecular Hbond substituents is 1. The van der Waals surface area contributed by atoms with E-state index in [0.717, 1.165) is 29.9 Å². The molecule has 2 aromatic rings. The van der Waals surface area contributed by atoms with Crippen molar-refractivity contribution in [3.8, 4) is 11.5 Å². The van der Waals surface area contributed by atoms with Crippen molar-refractivity contribution in [1.29, 1.82) is 0 Å². The second-order valence-corrected chi connectivity index (χ2v) is 5.50. The Bertz CT molecular complexity index is 609. The summed E-state index contributed by atoms with van der Waals surface area (Å²) in [6.45, 7) is 10.9. The highest BCUT2D eigenvalue weighted by atomic mass is 16.5. The minimum atomic E-state index is 0.170. The molecule has 0 fully saturated rings. The smallest absolute Gasteiger partial charge is 0.138 e. The van der Waals surface area contributed by atoms with Gasteiger partial charge < -0.3 is 15.6 Å². The van der Waals surface area contributed by atoms with E-state index in [-0.39, 0.29) is 5.75 Å². The van der Waals surface area contributed by atoms with E-state index in [9.17, 15) is 0 Å². The molecule has 23 heavy (non-hydrogen) atoms. The largest absolute Gasteiger partial charge is 0.506 e. The molecule has 2 aromatic carbocycles. The Morgan fingerprint density at radius 3 is 2.39 bits per heavy atom. The van der Waals surface area contributed by atoms with Crippen molar-refractivity contribution < 1.29 is 9.84 Å². The van der Waals surface area contributed by atoms with Gasteiger partial charge in [0.05, 0.1) is 12.3 Å². The van der Waals surface area contributed by atoms with Gasteiger partial charge in [-0.2, -0.15) is 0 Å². The lowest BCUT2D eigenvalue weighted by Gasteiger charge is -2.16. The second-order valence-electron chi connectivity index (χ2n) is 5.50. The fourth-order valence-electron chi connectivity index (χ4n) is 2.31. The summed E-state index contributed by atoms with van der Waals surface area (Å²) in [5, 5.41) is 9.10. The van der Waals surface area contributed by atoms with Gasteiger partial charge >= 0.3 is 0 Å². The summed E-state index contributed by atoms with van der Waals surface area (Å²) in [5.74, 6) is 1.25. The first kappa shape index (κ1) is 18.9. The highest BCUT2D eigenvalue weighted by Gasteiger charge is 2.08. The van der Waals surface area contributed by atoms with Crippen LogP contribution in [-0.4, -0.2) is 11.7 Å². The minimum absolute atomic E-state index is 0.170. The number of aryl methyl sites for hydroxylation is 3. The number of aromatic hydroxyl groups is 1. The normalized spacial score (nSPS) is 11.9. The van der Waals surface area contributed by atoms with Gasteiger partial charge in [0.1, 0.15) is 11.5 Å².